The lowest BCUT2D eigenvalue weighted by Crippen LogP contribution is -2.73. The van der Waals surface area contributed by atoms with Crippen LogP contribution in [-0.2, 0) is 14.3 Å². The molecular weight excluding hydrogens is 547 g/mol. The number of Topliss-reactive ketones (excluding diaryl/α,β-unsaturated/α-hetero) is 1. The number of ether oxygens (including phenoxy) is 1. The maximum atomic E-state index is 16.3. The summed E-state index contributed by atoms with van der Waals surface area (Å²) >= 11 is 0. The highest BCUT2D eigenvalue weighted by atomic mass is 19.1. The zero-order valence-electron chi connectivity index (χ0n) is 24.9. The van der Waals surface area contributed by atoms with Gasteiger partial charge < -0.3 is 25.6 Å². The van der Waals surface area contributed by atoms with Gasteiger partial charge in [-0.25, -0.2) is 4.39 Å². The van der Waals surface area contributed by atoms with E-state index in [0.29, 0.717) is 38.0 Å². The minimum atomic E-state index is -1.20. The monoisotopic (exact) mass is 592 g/mol. The van der Waals surface area contributed by atoms with Gasteiger partial charge in [0.05, 0.1) is 41.9 Å². The standard InChI is InChI=1S/C33H45FN6O3/c34-25-14-23-29-32(30(25)38-10-7-22(35)16-38)43-28-13-20-5-2-1-4-19(20)12-27(28)40(29)17-24(31(23)41)33(42)39-11-9-37-26(18-39)21-6-3-8-36-15-21/h3,6,8,15,17,19-20,22-23,25-30,32,37H,1-2,4-5,7,9-14,16,18,35H2. The van der Waals surface area contributed by atoms with Crippen molar-refractivity contribution in [2.75, 3.05) is 32.7 Å². The lowest BCUT2D eigenvalue weighted by molar-refractivity contribution is -0.219. The van der Waals surface area contributed by atoms with Gasteiger partial charge in [0.1, 0.15) is 6.17 Å². The quantitative estimate of drug-likeness (QED) is 0.515. The molecule has 1 amide bonds. The smallest absolute Gasteiger partial charge is 0.259 e. The number of carbonyl (C=O) groups excluding carboxylic acids is 2. The largest absolute Gasteiger partial charge is 0.369 e. The van der Waals surface area contributed by atoms with Gasteiger partial charge in [-0.2, -0.15) is 0 Å². The van der Waals surface area contributed by atoms with Crippen molar-refractivity contribution in [3.8, 4) is 0 Å². The van der Waals surface area contributed by atoms with Crippen molar-refractivity contribution in [2.24, 2.45) is 23.5 Å². The van der Waals surface area contributed by atoms with Crippen LogP contribution in [0.2, 0.25) is 0 Å². The first kappa shape index (κ1) is 28.1. The van der Waals surface area contributed by atoms with Crippen LogP contribution in [0.3, 0.4) is 0 Å². The molecule has 1 aromatic heterocycles. The third-order valence-corrected chi connectivity index (χ3v) is 11.9. The molecule has 11 unspecified atom stereocenters. The molecule has 11 atom stereocenters. The van der Waals surface area contributed by atoms with Crippen molar-refractivity contribution in [3.05, 3.63) is 41.9 Å². The van der Waals surface area contributed by atoms with Gasteiger partial charge in [0.2, 0.25) is 0 Å². The summed E-state index contributed by atoms with van der Waals surface area (Å²) in [6.07, 6.45) is 11.9. The van der Waals surface area contributed by atoms with Gasteiger partial charge in [0.25, 0.3) is 5.91 Å². The van der Waals surface area contributed by atoms with E-state index in [9.17, 15) is 9.59 Å². The first-order chi connectivity index (χ1) is 21.0. The minimum absolute atomic E-state index is 0.0136. The molecule has 5 heterocycles. The van der Waals surface area contributed by atoms with Crippen LogP contribution in [0, 0.1) is 17.8 Å². The number of pyridine rings is 1. The highest BCUT2D eigenvalue weighted by Gasteiger charge is 2.61. The number of hydrogen-bond acceptors (Lipinski definition) is 8. The number of nitrogens with zero attached hydrogens (tertiary/aromatic N) is 4. The normalized spacial score (nSPS) is 43.0. The molecule has 3 saturated carbocycles. The highest BCUT2D eigenvalue weighted by Crippen LogP contribution is 2.51. The molecule has 0 radical (unpaired) electrons. The van der Waals surface area contributed by atoms with Gasteiger partial charge in [-0.1, -0.05) is 31.7 Å². The zero-order chi connectivity index (χ0) is 29.2. The molecule has 7 aliphatic rings. The third kappa shape index (κ3) is 4.84. The molecule has 6 fully saturated rings. The predicted octanol–water partition coefficient (Wildman–Crippen LogP) is 2.19. The number of likely N-dealkylation sites (tertiary alicyclic amines) is 1. The third-order valence-electron chi connectivity index (χ3n) is 11.9. The molecule has 0 spiro atoms. The number of nitrogens with two attached hydrogens (primary N) is 1. The van der Waals surface area contributed by atoms with Crippen molar-refractivity contribution in [1.82, 2.24) is 25.0 Å². The predicted molar refractivity (Wildman–Crippen MR) is 158 cm³/mol. The van der Waals surface area contributed by atoms with Crippen LogP contribution in [0.15, 0.2) is 36.3 Å². The number of nitrogens with one attached hydrogen (secondary N) is 1. The molecule has 4 aliphatic heterocycles. The lowest BCUT2D eigenvalue weighted by Gasteiger charge is -2.61. The maximum absolute atomic E-state index is 16.3. The fourth-order valence-corrected chi connectivity index (χ4v) is 9.85. The zero-order valence-corrected chi connectivity index (χ0v) is 24.9. The lowest BCUT2D eigenvalue weighted by atomic mass is 9.64. The molecule has 0 bridgehead atoms. The number of piperazine rings is 1. The number of halogens is 1. The van der Waals surface area contributed by atoms with Gasteiger partial charge >= 0.3 is 0 Å². The minimum Gasteiger partial charge on any atom is -0.369 e. The fourth-order valence-electron chi connectivity index (χ4n) is 9.85. The Hall–Kier alpha value is -2.40. The van der Waals surface area contributed by atoms with Gasteiger partial charge in [-0.05, 0) is 49.1 Å². The van der Waals surface area contributed by atoms with E-state index < -0.39 is 24.2 Å². The summed E-state index contributed by atoms with van der Waals surface area (Å²) in [5.41, 5.74) is 7.53. The van der Waals surface area contributed by atoms with Crippen LogP contribution in [-0.4, -0.2) is 107 Å². The van der Waals surface area contributed by atoms with E-state index in [1.165, 1.54) is 25.7 Å². The number of amides is 1. The first-order valence-corrected chi connectivity index (χ1v) is 16.7. The maximum Gasteiger partial charge on any atom is 0.259 e. The van der Waals surface area contributed by atoms with Gasteiger partial charge in [-0.15, -0.1) is 0 Å². The number of aromatic nitrogens is 1. The summed E-state index contributed by atoms with van der Waals surface area (Å²) in [5.74, 6) is 0.274. The number of ketones is 1. The molecule has 43 heavy (non-hydrogen) atoms. The number of hydrogen-bond donors (Lipinski definition) is 2. The number of carbonyl (C=O) groups is 2. The second-order valence-electron chi connectivity index (χ2n) is 14.3. The SMILES string of the molecule is NC1CCN(C2C(F)CC3C(=O)C(C(=O)N4CCNC(c5cccnc5)C4)=CN4C5CC6CCCCC6CC5OC2C34)C1. The molecule has 1 aromatic rings. The van der Waals surface area contributed by atoms with Crippen LogP contribution >= 0.6 is 0 Å². The van der Waals surface area contributed by atoms with Crippen molar-refractivity contribution in [3.63, 3.8) is 0 Å². The Labute approximate surface area is 253 Å². The number of fused-ring (bicyclic) bond motifs is 3. The summed E-state index contributed by atoms with van der Waals surface area (Å²) in [6.45, 7) is 3.05. The number of rotatable bonds is 3. The van der Waals surface area contributed by atoms with Crippen molar-refractivity contribution < 1.29 is 18.7 Å². The van der Waals surface area contributed by atoms with Crippen molar-refractivity contribution in [1.29, 1.82) is 0 Å². The summed E-state index contributed by atoms with van der Waals surface area (Å²) in [7, 11) is 0. The molecule has 3 aliphatic carbocycles. The Bertz CT molecular complexity index is 1260. The Morgan fingerprint density at radius 3 is 2.67 bits per heavy atom. The topological polar surface area (TPSA) is 104 Å². The molecule has 0 aromatic carbocycles. The van der Waals surface area contributed by atoms with E-state index in [2.05, 4.69) is 20.1 Å². The molecule has 9 nitrogen and oxygen atoms in total. The Balaban J connectivity index is 1.13. The van der Waals surface area contributed by atoms with Crippen LogP contribution in [0.4, 0.5) is 4.39 Å². The van der Waals surface area contributed by atoms with Gasteiger partial charge in [-0.3, -0.25) is 19.5 Å². The summed E-state index contributed by atoms with van der Waals surface area (Å²) < 4.78 is 23.3. The number of morpholine rings is 1. The Morgan fingerprint density at radius 1 is 1.07 bits per heavy atom. The van der Waals surface area contributed by atoms with Gasteiger partial charge in [0.15, 0.2) is 5.78 Å². The Morgan fingerprint density at radius 2 is 1.91 bits per heavy atom. The van der Waals surface area contributed by atoms with E-state index in [-0.39, 0.29) is 54.0 Å². The van der Waals surface area contributed by atoms with E-state index in [1.807, 2.05) is 24.5 Å². The van der Waals surface area contributed by atoms with Crippen LogP contribution < -0.4 is 11.1 Å². The number of alkyl halides is 1. The molecule has 232 valence electrons. The second kappa shape index (κ2) is 11.2. The van der Waals surface area contributed by atoms with E-state index in [4.69, 9.17) is 10.5 Å². The molecule has 8 rings (SSSR count). The van der Waals surface area contributed by atoms with Crippen molar-refractivity contribution >= 4 is 11.7 Å². The average Bonchev–Trinajstić information content (AvgIpc) is 3.46. The van der Waals surface area contributed by atoms with Crippen molar-refractivity contribution in [2.45, 2.75) is 100.0 Å². The highest BCUT2D eigenvalue weighted by molar-refractivity contribution is 6.20. The molecule has 10 heteroatoms. The van der Waals surface area contributed by atoms with E-state index in [0.717, 1.165) is 31.4 Å². The fraction of sp³-hybridized carbons (Fsp3) is 0.727. The molecule has 3 N–H and O–H groups in total. The first-order valence-electron chi connectivity index (χ1n) is 16.7. The molecule has 3 saturated heterocycles. The average molecular weight is 593 g/mol. The Kier molecular flexibility index (Phi) is 7.32. The second-order valence-corrected chi connectivity index (χ2v) is 14.3. The van der Waals surface area contributed by atoms with Crippen LogP contribution in [0.5, 0.6) is 0 Å². The summed E-state index contributed by atoms with van der Waals surface area (Å²) in [5, 5.41) is 3.49. The van der Waals surface area contributed by atoms with Gasteiger partial charge in [0, 0.05) is 63.3 Å². The van der Waals surface area contributed by atoms with Crippen LogP contribution in [0.1, 0.15) is 63.0 Å². The van der Waals surface area contributed by atoms with E-state index >= 15 is 4.39 Å². The van der Waals surface area contributed by atoms with Crippen LogP contribution in [0.25, 0.3) is 0 Å². The van der Waals surface area contributed by atoms with E-state index in [1.54, 1.807) is 11.1 Å². The molecular formula is C33H45FN6O3. The summed E-state index contributed by atoms with van der Waals surface area (Å²) in [4.78, 5) is 39.0. The summed E-state index contributed by atoms with van der Waals surface area (Å²) in [6, 6.07) is 3.37.